The molecule has 0 aromatic rings. The van der Waals surface area contributed by atoms with Crippen LogP contribution in [-0.2, 0) is 4.79 Å². The quantitative estimate of drug-likeness (QED) is 0.485. The summed E-state index contributed by atoms with van der Waals surface area (Å²) in [5.41, 5.74) is 5.01. The number of halogens is 1. The Balaban J connectivity index is 0. The summed E-state index contributed by atoms with van der Waals surface area (Å²) in [5, 5.41) is 8.21. The lowest BCUT2D eigenvalue weighted by Crippen LogP contribution is -2.41. The summed E-state index contributed by atoms with van der Waals surface area (Å²) in [5.74, 6) is -0.862. The van der Waals surface area contributed by atoms with E-state index in [0.717, 1.165) is 0 Å². The molecule has 0 unspecified atom stereocenters. The second kappa shape index (κ2) is 5.81. The van der Waals surface area contributed by atoms with Gasteiger partial charge in [0.05, 0.1) is 0 Å². The Morgan fingerprint density at radius 2 is 2.11 bits per heavy atom. The lowest BCUT2D eigenvalue weighted by molar-refractivity contribution is -0.139. The predicted octanol–water partition coefficient (Wildman–Crippen LogP) is -0.395. The first-order valence-corrected chi connectivity index (χ1v) is 2.33. The molecule has 0 aliphatic heterocycles. The molecule has 1 atom stereocenters. The van der Waals surface area contributed by atoms with Crippen molar-refractivity contribution in [2.75, 3.05) is 7.05 Å². The summed E-state index contributed by atoms with van der Waals surface area (Å²) in [7, 11) is 1.62. The van der Waals surface area contributed by atoms with Crippen LogP contribution in [0.25, 0.3) is 0 Å². The fourth-order valence-corrected chi connectivity index (χ4v) is 0.278. The van der Waals surface area contributed by atoms with Crippen molar-refractivity contribution in [3.05, 3.63) is 0 Å². The van der Waals surface area contributed by atoms with Gasteiger partial charge in [-0.05, 0) is 14.0 Å². The number of carboxylic acids is 1. The van der Waals surface area contributed by atoms with Gasteiger partial charge in [0, 0.05) is 0 Å². The van der Waals surface area contributed by atoms with Gasteiger partial charge in [-0.1, -0.05) is 0 Å². The van der Waals surface area contributed by atoms with Crippen LogP contribution in [0.3, 0.4) is 0 Å². The van der Waals surface area contributed by atoms with Crippen LogP contribution >= 0.6 is 12.4 Å². The number of nitrogens with one attached hydrogen (secondary N) is 2. The molecule has 56 valence electrons. The maximum absolute atomic E-state index is 9.99. The standard InChI is InChI=1S/C4H10N2O2.ClH/c1-3(4(7)8)6-5-2;/h3,5-6H,1-2H3,(H,7,8);1H/t3-;/m0./s1. The fourth-order valence-electron chi connectivity index (χ4n) is 0.278. The maximum atomic E-state index is 9.99. The van der Waals surface area contributed by atoms with E-state index < -0.39 is 12.0 Å². The number of aliphatic carboxylic acids is 1. The Bertz CT molecular complexity index is 88.6. The number of carboxylic acid groups (broad SMARTS) is 1. The summed E-state index contributed by atoms with van der Waals surface area (Å²) in [4.78, 5) is 9.99. The maximum Gasteiger partial charge on any atom is 0.321 e. The van der Waals surface area contributed by atoms with Gasteiger partial charge in [-0.15, -0.1) is 12.4 Å². The molecule has 0 aliphatic rings. The predicted molar refractivity (Wildman–Crippen MR) is 36.5 cm³/mol. The molecule has 0 fully saturated rings. The molecule has 0 rings (SSSR count). The highest BCUT2D eigenvalue weighted by atomic mass is 35.5. The molecule has 0 saturated carbocycles. The van der Waals surface area contributed by atoms with Crippen LogP contribution in [0.15, 0.2) is 0 Å². The van der Waals surface area contributed by atoms with Gasteiger partial charge in [-0.25, -0.2) is 5.43 Å². The summed E-state index contributed by atoms with van der Waals surface area (Å²) in [6.07, 6.45) is 0. The van der Waals surface area contributed by atoms with Gasteiger partial charge >= 0.3 is 5.97 Å². The topological polar surface area (TPSA) is 61.4 Å². The van der Waals surface area contributed by atoms with Gasteiger partial charge in [-0.3, -0.25) is 10.2 Å². The van der Waals surface area contributed by atoms with E-state index in [4.69, 9.17) is 5.11 Å². The molecule has 0 saturated heterocycles. The summed E-state index contributed by atoms with van der Waals surface area (Å²) >= 11 is 0. The SMILES string of the molecule is CNN[C@@H](C)C(=O)O.Cl. The van der Waals surface area contributed by atoms with Gasteiger partial charge in [0.25, 0.3) is 0 Å². The van der Waals surface area contributed by atoms with Crippen LogP contribution in [-0.4, -0.2) is 24.2 Å². The van der Waals surface area contributed by atoms with Gasteiger partial charge in [-0.2, -0.15) is 0 Å². The first-order chi connectivity index (χ1) is 3.68. The zero-order valence-corrected chi connectivity index (χ0v) is 6.16. The molecule has 0 aliphatic carbocycles. The van der Waals surface area contributed by atoms with Crippen LogP contribution < -0.4 is 10.9 Å². The highest BCUT2D eigenvalue weighted by molar-refractivity contribution is 5.85. The van der Waals surface area contributed by atoms with Crippen molar-refractivity contribution >= 4 is 18.4 Å². The van der Waals surface area contributed by atoms with Gasteiger partial charge in [0.2, 0.25) is 0 Å². The van der Waals surface area contributed by atoms with Crippen LogP contribution in [0.4, 0.5) is 0 Å². The van der Waals surface area contributed by atoms with Crippen molar-refractivity contribution in [1.29, 1.82) is 0 Å². The number of hydrogen-bond acceptors (Lipinski definition) is 3. The van der Waals surface area contributed by atoms with Gasteiger partial charge < -0.3 is 5.11 Å². The van der Waals surface area contributed by atoms with E-state index in [0.29, 0.717) is 0 Å². The molecule has 5 heteroatoms. The average molecular weight is 155 g/mol. The van der Waals surface area contributed by atoms with Crippen LogP contribution in [0, 0.1) is 0 Å². The second-order valence-electron chi connectivity index (χ2n) is 1.45. The Labute approximate surface area is 60.0 Å². The molecule has 0 heterocycles. The van der Waals surface area contributed by atoms with E-state index >= 15 is 0 Å². The van der Waals surface area contributed by atoms with E-state index in [-0.39, 0.29) is 12.4 Å². The van der Waals surface area contributed by atoms with E-state index in [9.17, 15) is 4.79 Å². The lowest BCUT2D eigenvalue weighted by atomic mass is 10.4. The minimum absolute atomic E-state index is 0. The number of hydrogen-bond donors (Lipinski definition) is 3. The van der Waals surface area contributed by atoms with E-state index in [1.807, 2.05) is 0 Å². The molecule has 9 heavy (non-hydrogen) atoms. The Kier molecular flexibility index (Phi) is 7.41. The highest BCUT2D eigenvalue weighted by Gasteiger charge is 2.06. The first kappa shape index (κ1) is 11.5. The van der Waals surface area contributed by atoms with Crippen LogP contribution in [0.1, 0.15) is 6.92 Å². The zero-order chi connectivity index (χ0) is 6.57. The Morgan fingerprint density at radius 1 is 1.67 bits per heavy atom. The van der Waals surface area contributed by atoms with Gasteiger partial charge in [0.15, 0.2) is 0 Å². The average Bonchev–Trinajstić information content (AvgIpc) is 1.67. The van der Waals surface area contributed by atoms with Crippen molar-refractivity contribution in [2.45, 2.75) is 13.0 Å². The smallest absolute Gasteiger partial charge is 0.321 e. The fraction of sp³-hybridized carbons (Fsp3) is 0.750. The minimum atomic E-state index is -0.862. The molecule has 0 spiro atoms. The van der Waals surface area contributed by atoms with Gasteiger partial charge in [0.1, 0.15) is 6.04 Å². The monoisotopic (exact) mass is 154 g/mol. The van der Waals surface area contributed by atoms with E-state index in [1.54, 1.807) is 14.0 Å². The van der Waals surface area contributed by atoms with Crippen LogP contribution in [0.5, 0.6) is 0 Å². The van der Waals surface area contributed by atoms with Crippen molar-refractivity contribution in [2.24, 2.45) is 0 Å². The normalized spacial score (nSPS) is 11.8. The molecule has 3 N–H and O–H groups in total. The van der Waals surface area contributed by atoms with E-state index in [2.05, 4.69) is 10.9 Å². The number of hydrazine groups is 1. The molecule has 0 radical (unpaired) electrons. The second-order valence-corrected chi connectivity index (χ2v) is 1.45. The minimum Gasteiger partial charge on any atom is -0.480 e. The molecular weight excluding hydrogens is 144 g/mol. The molecule has 0 aromatic heterocycles. The zero-order valence-electron chi connectivity index (χ0n) is 5.34. The third-order valence-electron chi connectivity index (χ3n) is 0.731. The van der Waals surface area contributed by atoms with Crippen molar-refractivity contribution in [3.63, 3.8) is 0 Å². The first-order valence-electron chi connectivity index (χ1n) is 2.33. The summed E-state index contributed by atoms with van der Waals surface area (Å²) in [6, 6.07) is -0.528. The molecule has 4 nitrogen and oxygen atoms in total. The Hall–Kier alpha value is -0.320. The van der Waals surface area contributed by atoms with Crippen molar-refractivity contribution < 1.29 is 9.90 Å². The third kappa shape index (κ3) is 5.55. The van der Waals surface area contributed by atoms with E-state index in [1.165, 1.54) is 0 Å². The van der Waals surface area contributed by atoms with Crippen molar-refractivity contribution in [1.82, 2.24) is 10.9 Å². The number of rotatable bonds is 3. The summed E-state index contributed by atoms with van der Waals surface area (Å²) < 4.78 is 0. The largest absolute Gasteiger partial charge is 0.480 e. The summed E-state index contributed by atoms with van der Waals surface area (Å²) in [6.45, 7) is 1.55. The van der Waals surface area contributed by atoms with Crippen LogP contribution in [0.2, 0.25) is 0 Å². The Morgan fingerprint density at radius 3 is 2.22 bits per heavy atom. The molecule has 0 amide bonds. The third-order valence-corrected chi connectivity index (χ3v) is 0.731. The lowest BCUT2D eigenvalue weighted by Gasteiger charge is -2.04. The molecule has 0 bridgehead atoms. The number of carbonyl (C=O) groups is 1. The molecule has 0 aromatic carbocycles. The molecular formula is C4H11ClN2O2. The highest BCUT2D eigenvalue weighted by Crippen LogP contribution is 1.74. The van der Waals surface area contributed by atoms with Crippen molar-refractivity contribution in [3.8, 4) is 0 Å².